The van der Waals surface area contributed by atoms with Crippen LogP contribution in [0.3, 0.4) is 0 Å². The lowest BCUT2D eigenvalue weighted by molar-refractivity contribution is -0.0366. The summed E-state index contributed by atoms with van der Waals surface area (Å²) in [6, 6.07) is 9.10. The van der Waals surface area contributed by atoms with Gasteiger partial charge in [-0.3, -0.25) is 0 Å². The monoisotopic (exact) mass is 495 g/mol. The number of hydrogen-bond acceptors (Lipinski definition) is 7. The first kappa shape index (κ1) is 23.2. The number of hydrogen-bond donors (Lipinski definition) is 1. The molecule has 0 amide bonds. The molecular weight excluding hydrogens is 470 g/mol. The van der Waals surface area contributed by atoms with Crippen molar-refractivity contribution in [2.75, 3.05) is 26.1 Å². The number of methoxy groups -OCH3 is 2. The number of ether oxygens (including phenoxy) is 3. The molecule has 0 radical (unpaired) electrons. The number of esters is 1. The lowest BCUT2D eigenvalue weighted by Crippen LogP contribution is -2.18. The standard InChI is InChI=1S/C25H26ClN5O4/c1-15-14-30(16-7-8-17(25(32)34-3)21(12-16)33-2)29-24(15)28-19-9-10-20-18(23(19)26)13-27-31(20)22-6-4-5-11-35-22/h7-10,12-14,22H,4-6,11H2,1-3H3,(H,28,29). The summed E-state index contributed by atoms with van der Waals surface area (Å²) in [6.07, 6.45) is 6.76. The number of nitrogens with one attached hydrogen (secondary N) is 1. The molecule has 1 aliphatic heterocycles. The number of halogens is 1. The van der Waals surface area contributed by atoms with Gasteiger partial charge >= 0.3 is 5.97 Å². The van der Waals surface area contributed by atoms with Gasteiger partial charge in [-0.25, -0.2) is 14.2 Å². The smallest absolute Gasteiger partial charge is 0.341 e. The van der Waals surface area contributed by atoms with Crippen LogP contribution in [0.2, 0.25) is 5.02 Å². The van der Waals surface area contributed by atoms with E-state index in [1.54, 1.807) is 29.1 Å². The van der Waals surface area contributed by atoms with Crippen LogP contribution in [0, 0.1) is 6.92 Å². The molecule has 35 heavy (non-hydrogen) atoms. The van der Waals surface area contributed by atoms with Gasteiger partial charge in [0.05, 0.1) is 42.3 Å². The second kappa shape index (κ2) is 9.59. The molecule has 0 spiro atoms. The van der Waals surface area contributed by atoms with Crippen LogP contribution >= 0.6 is 11.6 Å². The summed E-state index contributed by atoms with van der Waals surface area (Å²) in [4.78, 5) is 12.0. The summed E-state index contributed by atoms with van der Waals surface area (Å²) in [6.45, 7) is 2.70. The average Bonchev–Trinajstić information content (AvgIpc) is 3.49. The number of aryl methyl sites for hydroxylation is 1. The molecule has 0 bridgehead atoms. The van der Waals surface area contributed by atoms with Gasteiger partial charge in [0.2, 0.25) is 0 Å². The van der Waals surface area contributed by atoms with Gasteiger partial charge in [-0.05, 0) is 50.5 Å². The minimum atomic E-state index is -0.462. The van der Waals surface area contributed by atoms with Gasteiger partial charge in [-0.1, -0.05) is 11.6 Å². The fourth-order valence-corrected chi connectivity index (χ4v) is 4.53. The van der Waals surface area contributed by atoms with E-state index in [4.69, 9.17) is 25.8 Å². The van der Waals surface area contributed by atoms with E-state index in [0.717, 1.165) is 53.7 Å². The molecule has 5 rings (SSSR count). The lowest BCUT2D eigenvalue weighted by Gasteiger charge is -2.23. The maximum atomic E-state index is 12.0. The molecule has 1 aliphatic rings. The number of fused-ring (bicyclic) bond motifs is 1. The Hall–Kier alpha value is -3.56. The molecule has 1 fully saturated rings. The number of anilines is 2. The third-order valence-corrected chi connectivity index (χ3v) is 6.56. The summed E-state index contributed by atoms with van der Waals surface area (Å²) in [5.41, 5.74) is 3.67. The first-order chi connectivity index (χ1) is 17.0. The number of carbonyl (C=O) groups is 1. The average molecular weight is 496 g/mol. The van der Waals surface area contributed by atoms with Crippen LogP contribution < -0.4 is 10.1 Å². The molecule has 3 heterocycles. The Bertz CT molecular complexity index is 1390. The molecular formula is C25H26ClN5O4. The molecule has 2 aromatic heterocycles. The van der Waals surface area contributed by atoms with Crippen LogP contribution in [0.4, 0.5) is 11.5 Å². The van der Waals surface area contributed by atoms with E-state index in [1.165, 1.54) is 14.2 Å². The quantitative estimate of drug-likeness (QED) is 0.357. The Kier molecular flexibility index (Phi) is 6.36. The maximum absolute atomic E-state index is 12.0. The summed E-state index contributed by atoms with van der Waals surface area (Å²) < 4.78 is 19.7. The predicted molar refractivity (Wildman–Crippen MR) is 133 cm³/mol. The molecule has 0 aliphatic carbocycles. The van der Waals surface area contributed by atoms with Gasteiger partial charge in [-0.15, -0.1) is 5.10 Å². The highest BCUT2D eigenvalue weighted by molar-refractivity contribution is 6.38. The first-order valence-electron chi connectivity index (χ1n) is 11.4. The Morgan fingerprint density at radius 3 is 2.83 bits per heavy atom. The van der Waals surface area contributed by atoms with Crippen molar-refractivity contribution in [2.24, 2.45) is 0 Å². The fourth-order valence-electron chi connectivity index (χ4n) is 4.27. The molecule has 1 atom stereocenters. The van der Waals surface area contributed by atoms with Crippen molar-refractivity contribution >= 4 is 40.0 Å². The van der Waals surface area contributed by atoms with Crippen LogP contribution in [0.15, 0.2) is 42.7 Å². The Balaban J connectivity index is 1.43. The molecule has 9 nitrogen and oxygen atoms in total. The van der Waals surface area contributed by atoms with Gasteiger partial charge < -0.3 is 19.5 Å². The van der Waals surface area contributed by atoms with E-state index in [-0.39, 0.29) is 6.23 Å². The van der Waals surface area contributed by atoms with E-state index in [9.17, 15) is 4.79 Å². The van der Waals surface area contributed by atoms with Crippen molar-refractivity contribution in [1.29, 1.82) is 0 Å². The van der Waals surface area contributed by atoms with Crippen molar-refractivity contribution in [3.63, 3.8) is 0 Å². The Morgan fingerprint density at radius 2 is 2.09 bits per heavy atom. The van der Waals surface area contributed by atoms with E-state index < -0.39 is 5.97 Å². The number of rotatable bonds is 6. The predicted octanol–water partition coefficient (Wildman–Crippen LogP) is 5.42. The lowest BCUT2D eigenvalue weighted by atomic mass is 10.2. The molecule has 4 aromatic rings. The van der Waals surface area contributed by atoms with Crippen molar-refractivity contribution in [3.05, 3.63) is 58.9 Å². The molecule has 182 valence electrons. The normalized spacial score (nSPS) is 15.8. The minimum Gasteiger partial charge on any atom is -0.496 e. The van der Waals surface area contributed by atoms with Crippen molar-refractivity contribution in [1.82, 2.24) is 19.6 Å². The highest BCUT2D eigenvalue weighted by atomic mass is 35.5. The highest BCUT2D eigenvalue weighted by Crippen LogP contribution is 2.35. The van der Waals surface area contributed by atoms with Crippen molar-refractivity contribution in [3.8, 4) is 11.4 Å². The zero-order valence-corrected chi connectivity index (χ0v) is 20.5. The topological polar surface area (TPSA) is 92.4 Å². The molecule has 10 heteroatoms. The number of benzene rings is 2. The van der Waals surface area contributed by atoms with E-state index >= 15 is 0 Å². The number of carbonyl (C=O) groups excluding carboxylic acids is 1. The van der Waals surface area contributed by atoms with E-state index in [2.05, 4.69) is 15.5 Å². The van der Waals surface area contributed by atoms with Crippen LogP contribution in [0.1, 0.15) is 41.4 Å². The number of aromatic nitrogens is 4. The Labute approximate surface area is 207 Å². The summed E-state index contributed by atoms with van der Waals surface area (Å²) in [5.74, 6) is 0.602. The SMILES string of the molecule is COC(=O)c1ccc(-n2cc(C)c(Nc3ccc4c(cnn4C4CCCCO4)c3Cl)n2)cc1OC. The summed E-state index contributed by atoms with van der Waals surface area (Å²) >= 11 is 6.77. The first-order valence-corrected chi connectivity index (χ1v) is 11.7. The van der Waals surface area contributed by atoms with Crippen LogP contribution in [-0.4, -0.2) is 46.4 Å². The van der Waals surface area contributed by atoms with Gasteiger partial charge in [0.25, 0.3) is 0 Å². The second-order valence-corrected chi connectivity index (χ2v) is 8.75. The third kappa shape index (κ3) is 4.33. The summed E-state index contributed by atoms with van der Waals surface area (Å²) in [5, 5.41) is 14.0. The zero-order chi connectivity index (χ0) is 24.5. The largest absolute Gasteiger partial charge is 0.496 e. The van der Waals surface area contributed by atoms with E-state index in [1.807, 2.05) is 29.9 Å². The van der Waals surface area contributed by atoms with Crippen molar-refractivity contribution in [2.45, 2.75) is 32.4 Å². The van der Waals surface area contributed by atoms with Gasteiger partial charge in [0.15, 0.2) is 12.0 Å². The van der Waals surface area contributed by atoms with Gasteiger partial charge in [0.1, 0.15) is 11.3 Å². The van der Waals surface area contributed by atoms with Crippen LogP contribution in [-0.2, 0) is 9.47 Å². The van der Waals surface area contributed by atoms with Crippen LogP contribution in [0.5, 0.6) is 5.75 Å². The van der Waals surface area contributed by atoms with Crippen molar-refractivity contribution < 1.29 is 19.0 Å². The second-order valence-electron chi connectivity index (χ2n) is 8.38. The van der Waals surface area contributed by atoms with E-state index in [0.29, 0.717) is 22.2 Å². The van der Waals surface area contributed by atoms with Gasteiger partial charge in [-0.2, -0.15) is 5.10 Å². The fraction of sp³-hybridized carbons (Fsp3) is 0.320. The zero-order valence-electron chi connectivity index (χ0n) is 19.7. The Morgan fingerprint density at radius 1 is 1.23 bits per heavy atom. The molecule has 1 saturated heterocycles. The third-order valence-electron chi connectivity index (χ3n) is 6.15. The molecule has 2 aromatic carbocycles. The van der Waals surface area contributed by atoms with Gasteiger partial charge in [0, 0.05) is 29.8 Å². The maximum Gasteiger partial charge on any atom is 0.341 e. The molecule has 0 saturated carbocycles. The summed E-state index contributed by atoms with van der Waals surface area (Å²) in [7, 11) is 2.84. The molecule has 1 N–H and O–H groups in total. The highest BCUT2D eigenvalue weighted by Gasteiger charge is 2.21. The van der Waals surface area contributed by atoms with Crippen LogP contribution in [0.25, 0.3) is 16.6 Å². The number of nitrogens with zero attached hydrogens (tertiary/aromatic N) is 4. The minimum absolute atomic E-state index is 0.0587. The molecule has 1 unspecified atom stereocenters.